The summed E-state index contributed by atoms with van der Waals surface area (Å²) in [5.74, 6) is 0. The van der Waals surface area contributed by atoms with Crippen molar-refractivity contribution in [2.75, 3.05) is 4.90 Å². The second-order valence-electron chi connectivity index (χ2n) is 17.6. The molecule has 12 aromatic rings. The Hall–Kier alpha value is -8.72. The number of fused-ring (bicyclic) bond motifs is 8. The molecule has 0 aliphatic heterocycles. The molecule has 13 rings (SSSR count). The highest BCUT2D eigenvalue weighted by atomic mass is 15.2. The monoisotopic (exact) mass is 852 g/mol. The lowest BCUT2D eigenvalue weighted by atomic mass is 9.68. The van der Waals surface area contributed by atoms with Gasteiger partial charge >= 0.3 is 0 Å². The van der Waals surface area contributed by atoms with Gasteiger partial charge in [0.1, 0.15) is 0 Å². The Labute approximate surface area is 390 Å². The summed E-state index contributed by atoms with van der Waals surface area (Å²) < 4.78 is 2.49. The Morgan fingerprint density at radius 2 is 0.896 bits per heavy atom. The van der Waals surface area contributed by atoms with Gasteiger partial charge in [-0.25, -0.2) is 0 Å². The number of benzene rings is 11. The van der Waals surface area contributed by atoms with Crippen LogP contribution in [0.4, 0.5) is 17.1 Å². The molecule has 0 spiro atoms. The molecule has 0 saturated carbocycles. The van der Waals surface area contributed by atoms with Crippen molar-refractivity contribution in [3.63, 3.8) is 0 Å². The van der Waals surface area contributed by atoms with Gasteiger partial charge in [-0.15, -0.1) is 0 Å². The van der Waals surface area contributed by atoms with Crippen molar-refractivity contribution in [2.24, 2.45) is 0 Å². The number of para-hydroxylation sites is 2. The molecule has 0 fully saturated rings. The highest BCUT2D eigenvalue weighted by molar-refractivity contribution is 6.25. The van der Waals surface area contributed by atoms with Crippen LogP contribution in [-0.4, -0.2) is 4.57 Å². The van der Waals surface area contributed by atoms with Crippen LogP contribution in [0.15, 0.2) is 267 Å². The van der Waals surface area contributed by atoms with E-state index in [4.69, 9.17) is 0 Å². The summed E-state index contributed by atoms with van der Waals surface area (Å²) >= 11 is 0. The zero-order chi connectivity index (χ0) is 44.3. The number of nitrogens with zero attached hydrogens (tertiary/aromatic N) is 2. The van der Waals surface area contributed by atoms with Crippen LogP contribution in [0.3, 0.4) is 0 Å². The van der Waals surface area contributed by atoms with Crippen molar-refractivity contribution in [1.82, 2.24) is 4.57 Å². The van der Waals surface area contributed by atoms with Crippen LogP contribution < -0.4 is 4.90 Å². The lowest BCUT2D eigenvalue weighted by Gasteiger charge is -2.34. The molecule has 11 aromatic carbocycles. The fourth-order valence-corrected chi connectivity index (χ4v) is 11.2. The summed E-state index contributed by atoms with van der Waals surface area (Å²) in [6.07, 6.45) is 0. The SMILES string of the molecule is c1ccc(-c2ccc(-c3ccc4c(c3)c3c(N(c5ccccc5)c5cccc6c5-c5ccccc5C6(c5ccccc5)c5ccccc5)cc5ccccc5c3n4-c3ccccc3)cc2)cc1. The van der Waals surface area contributed by atoms with Gasteiger partial charge in [-0.1, -0.05) is 218 Å². The predicted octanol–water partition coefficient (Wildman–Crippen LogP) is 17.1. The normalized spacial score (nSPS) is 12.6. The average Bonchev–Trinajstić information content (AvgIpc) is 3.92. The van der Waals surface area contributed by atoms with Gasteiger partial charge in [-0.3, -0.25) is 0 Å². The van der Waals surface area contributed by atoms with E-state index in [-0.39, 0.29) is 0 Å². The molecular formula is C65H44N2. The summed E-state index contributed by atoms with van der Waals surface area (Å²) in [5, 5.41) is 4.78. The molecule has 0 atom stereocenters. The maximum atomic E-state index is 2.55. The third kappa shape index (κ3) is 6.04. The van der Waals surface area contributed by atoms with Gasteiger partial charge in [0, 0.05) is 33.1 Å². The molecule has 67 heavy (non-hydrogen) atoms. The molecule has 0 saturated heterocycles. The molecule has 1 aliphatic carbocycles. The van der Waals surface area contributed by atoms with Crippen molar-refractivity contribution in [3.05, 3.63) is 289 Å². The van der Waals surface area contributed by atoms with Crippen LogP contribution in [0.5, 0.6) is 0 Å². The zero-order valence-corrected chi connectivity index (χ0v) is 36.8. The minimum absolute atomic E-state index is 0.542. The second kappa shape index (κ2) is 15.8. The Kier molecular flexibility index (Phi) is 9.11. The molecule has 0 bridgehead atoms. The van der Waals surface area contributed by atoms with Crippen LogP contribution >= 0.6 is 0 Å². The maximum Gasteiger partial charge on any atom is 0.0714 e. The van der Waals surface area contributed by atoms with E-state index in [9.17, 15) is 0 Å². The van der Waals surface area contributed by atoms with Gasteiger partial charge in [0.2, 0.25) is 0 Å². The summed E-state index contributed by atoms with van der Waals surface area (Å²) in [7, 11) is 0. The van der Waals surface area contributed by atoms with E-state index < -0.39 is 5.41 Å². The molecule has 1 heterocycles. The fraction of sp³-hybridized carbons (Fsp3) is 0.0154. The van der Waals surface area contributed by atoms with E-state index in [1.165, 1.54) is 82.7 Å². The van der Waals surface area contributed by atoms with Crippen molar-refractivity contribution in [3.8, 4) is 39.1 Å². The van der Waals surface area contributed by atoms with E-state index in [1.54, 1.807) is 0 Å². The Balaban J connectivity index is 1.14. The third-order valence-electron chi connectivity index (χ3n) is 14.0. The molecular weight excluding hydrogens is 809 g/mol. The summed E-state index contributed by atoms with van der Waals surface area (Å²) in [6.45, 7) is 0. The van der Waals surface area contributed by atoms with Crippen LogP contribution in [0.25, 0.3) is 71.6 Å². The standard InChI is InChI=1S/C65H44N2/c1-6-21-45(22-7-1)46-37-39-47(40-38-46)48-41-42-59-56(43-48)63-61(44-49-23-16-17-32-54(49)64(63)67(59)53-30-14-5-15-31-53)66(52-28-12-4-13-29-52)60-36-20-35-58-62(60)55-33-18-19-34-57(55)65(58,50-24-8-2-9-25-50)51-26-10-3-11-27-51/h1-44H. The Bertz CT molecular complexity index is 3720. The van der Waals surface area contributed by atoms with Gasteiger partial charge in [-0.05, 0) is 104 Å². The van der Waals surface area contributed by atoms with Crippen LogP contribution in [0.2, 0.25) is 0 Å². The molecule has 0 radical (unpaired) electrons. The van der Waals surface area contributed by atoms with Gasteiger partial charge in [-0.2, -0.15) is 0 Å². The Morgan fingerprint density at radius 1 is 0.358 bits per heavy atom. The maximum absolute atomic E-state index is 2.55. The van der Waals surface area contributed by atoms with E-state index in [1.807, 2.05) is 0 Å². The molecule has 0 unspecified atom stereocenters. The molecule has 1 aromatic heterocycles. The predicted molar refractivity (Wildman–Crippen MR) is 281 cm³/mol. The molecule has 2 nitrogen and oxygen atoms in total. The summed E-state index contributed by atoms with van der Waals surface area (Å²) in [6, 6.07) is 98.2. The summed E-state index contributed by atoms with van der Waals surface area (Å²) in [4.78, 5) is 2.55. The minimum atomic E-state index is -0.542. The first kappa shape index (κ1) is 38.7. The van der Waals surface area contributed by atoms with E-state index >= 15 is 0 Å². The highest BCUT2D eigenvalue weighted by Gasteiger charge is 2.47. The molecule has 0 amide bonds. The van der Waals surface area contributed by atoms with Crippen LogP contribution in [-0.2, 0) is 5.41 Å². The topological polar surface area (TPSA) is 8.17 Å². The molecule has 2 heteroatoms. The van der Waals surface area contributed by atoms with Gasteiger partial charge in [0.15, 0.2) is 0 Å². The number of anilines is 3. The van der Waals surface area contributed by atoms with Gasteiger partial charge in [0.05, 0.1) is 27.8 Å². The zero-order valence-electron chi connectivity index (χ0n) is 36.8. The first-order valence-electron chi connectivity index (χ1n) is 23.2. The average molecular weight is 853 g/mol. The number of hydrogen-bond donors (Lipinski definition) is 0. The van der Waals surface area contributed by atoms with E-state index in [0.717, 1.165) is 28.3 Å². The summed E-state index contributed by atoms with van der Waals surface area (Å²) in [5.41, 5.74) is 18.6. The largest absolute Gasteiger partial charge is 0.309 e. The Morgan fingerprint density at radius 3 is 1.60 bits per heavy atom. The molecule has 1 aliphatic rings. The first-order valence-corrected chi connectivity index (χ1v) is 23.2. The number of rotatable bonds is 8. The van der Waals surface area contributed by atoms with E-state index in [2.05, 4.69) is 276 Å². The van der Waals surface area contributed by atoms with Crippen molar-refractivity contribution in [1.29, 1.82) is 0 Å². The van der Waals surface area contributed by atoms with Crippen LogP contribution in [0.1, 0.15) is 22.3 Å². The quantitative estimate of drug-likeness (QED) is 0.148. The highest BCUT2D eigenvalue weighted by Crippen LogP contribution is 2.60. The second-order valence-corrected chi connectivity index (χ2v) is 17.6. The number of aromatic nitrogens is 1. The van der Waals surface area contributed by atoms with Crippen molar-refractivity contribution in [2.45, 2.75) is 5.41 Å². The van der Waals surface area contributed by atoms with E-state index in [0.29, 0.717) is 0 Å². The lowest BCUT2D eigenvalue weighted by molar-refractivity contribution is 0.768. The first-order chi connectivity index (χ1) is 33.3. The number of hydrogen-bond acceptors (Lipinski definition) is 1. The van der Waals surface area contributed by atoms with Gasteiger partial charge < -0.3 is 9.47 Å². The van der Waals surface area contributed by atoms with Crippen molar-refractivity contribution >= 4 is 49.6 Å². The lowest BCUT2D eigenvalue weighted by Crippen LogP contribution is -2.28. The molecule has 0 N–H and O–H groups in total. The molecule has 314 valence electrons. The van der Waals surface area contributed by atoms with Gasteiger partial charge in [0.25, 0.3) is 0 Å². The van der Waals surface area contributed by atoms with Crippen LogP contribution in [0, 0.1) is 0 Å². The smallest absolute Gasteiger partial charge is 0.0714 e. The van der Waals surface area contributed by atoms with Crippen molar-refractivity contribution < 1.29 is 0 Å². The third-order valence-corrected chi connectivity index (χ3v) is 14.0. The fourth-order valence-electron chi connectivity index (χ4n) is 11.2. The minimum Gasteiger partial charge on any atom is -0.309 e.